The summed E-state index contributed by atoms with van der Waals surface area (Å²) < 4.78 is 6.22. The summed E-state index contributed by atoms with van der Waals surface area (Å²) in [6, 6.07) is 0. The molecular formula is C17H28O3Si. The molecule has 0 aliphatic heterocycles. The van der Waals surface area contributed by atoms with Crippen molar-refractivity contribution >= 4 is 14.1 Å². The van der Waals surface area contributed by atoms with Crippen LogP contribution in [0.1, 0.15) is 53.9 Å². The monoisotopic (exact) mass is 308 g/mol. The summed E-state index contributed by atoms with van der Waals surface area (Å²) in [4.78, 5) is 12.2. The van der Waals surface area contributed by atoms with Crippen molar-refractivity contribution < 1.29 is 14.3 Å². The summed E-state index contributed by atoms with van der Waals surface area (Å²) in [5.74, 6) is 6.27. The molecule has 118 valence electrons. The lowest BCUT2D eigenvalue weighted by Gasteiger charge is -2.37. The fraction of sp³-hybridized carbons (Fsp3) is 0.706. The van der Waals surface area contributed by atoms with E-state index in [-0.39, 0.29) is 10.8 Å². The Morgan fingerprint density at radius 1 is 1.14 bits per heavy atom. The molecule has 0 heterocycles. The van der Waals surface area contributed by atoms with E-state index in [4.69, 9.17) is 4.43 Å². The first-order chi connectivity index (χ1) is 9.33. The molecule has 0 spiro atoms. The highest BCUT2D eigenvalue weighted by atomic mass is 28.4. The normalized spacial score (nSPS) is 17.4. The van der Waals surface area contributed by atoms with Crippen molar-refractivity contribution in [3.05, 3.63) is 11.3 Å². The first-order valence-electron chi connectivity index (χ1n) is 7.54. The zero-order valence-corrected chi connectivity index (χ0v) is 15.4. The Hall–Kier alpha value is -1.05. The third-order valence-corrected chi connectivity index (χ3v) is 8.37. The number of ketones is 1. The van der Waals surface area contributed by atoms with Crippen molar-refractivity contribution in [2.45, 2.75) is 77.6 Å². The van der Waals surface area contributed by atoms with Crippen LogP contribution in [0.25, 0.3) is 0 Å². The second kappa shape index (κ2) is 5.98. The molecule has 0 aromatic heterocycles. The van der Waals surface area contributed by atoms with Crippen molar-refractivity contribution in [3.63, 3.8) is 0 Å². The van der Waals surface area contributed by atoms with Crippen LogP contribution in [0.5, 0.6) is 0 Å². The van der Waals surface area contributed by atoms with Crippen molar-refractivity contribution in [2.24, 2.45) is 0 Å². The zero-order valence-electron chi connectivity index (χ0n) is 14.4. The number of Topliss-reactive ketones (excluding diaryl/α,β-unsaturated/α-hetero) is 1. The number of carbonyl (C=O) groups excluding carboxylic acids is 1. The van der Waals surface area contributed by atoms with E-state index in [1.807, 2.05) is 0 Å². The fourth-order valence-corrected chi connectivity index (χ4v) is 2.75. The van der Waals surface area contributed by atoms with Gasteiger partial charge in [-0.15, -0.1) is 0 Å². The van der Waals surface area contributed by atoms with Gasteiger partial charge in [0.15, 0.2) is 11.5 Å². The highest BCUT2D eigenvalue weighted by Gasteiger charge is 2.41. The summed E-state index contributed by atoms with van der Waals surface area (Å²) in [5.41, 5.74) is -0.312. The standard InChI is InChI=1S/C17H28O3Si/c1-16(2,3)21(6,7)20-15-13(9-8-10-14(15)18)11-12-17(4,5)19/h19H,8-10H2,1-7H3. The molecule has 0 radical (unpaired) electrons. The van der Waals surface area contributed by atoms with Gasteiger partial charge in [-0.2, -0.15) is 0 Å². The predicted octanol–water partition coefficient (Wildman–Crippen LogP) is 3.79. The van der Waals surface area contributed by atoms with Crippen LogP contribution in [0.15, 0.2) is 11.3 Å². The van der Waals surface area contributed by atoms with Gasteiger partial charge in [0.2, 0.25) is 0 Å². The molecule has 0 atom stereocenters. The highest BCUT2D eigenvalue weighted by Crippen LogP contribution is 2.39. The molecule has 1 rings (SSSR count). The van der Waals surface area contributed by atoms with Crippen LogP contribution in [0, 0.1) is 11.8 Å². The molecule has 1 N–H and O–H groups in total. The minimum atomic E-state index is -2.06. The second-order valence-electron chi connectivity index (χ2n) is 7.76. The summed E-state index contributed by atoms with van der Waals surface area (Å²) >= 11 is 0. The molecule has 0 saturated heterocycles. The van der Waals surface area contributed by atoms with Gasteiger partial charge >= 0.3 is 0 Å². The van der Waals surface area contributed by atoms with Gasteiger partial charge in [-0.3, -0.25) is 4.79 Å². The van der Waals surface area contributed by atoms with Crippen LogP contribution < -0.4 is 0 Å². The maximum atomic E-state index is 12.2. The highest BCUT2D eigenvalue weighted by molar-refractivity contribution is 6.74. The van der Waals surface area contributed by atoms with Crippen LogP contribution in [-0.2, 0) is 9.22 Å². The van der Waals surface area contributed by atoms with E-state index in [9.17, 15) is 9.90 Å². The molecule has 0 amide bonds. The van der Waals surface area contributed by atoms with Crippen LogP contribution in [0.3, 0.4) is 0 Å². The molecule has 4 heteroatoms. The quantitative estimate of drug-likeness (QED) is 0.623. The number of carbonyl (C=O) groups is 1. The van der Waals surface area contributed by atoms with Crippen molar-refractivity contribution in [1.29, 1.82) is 0 Å². The van der Waals surface area contributed by atoms with E-state index in [1.165, 1.54) is 0 Å². The van der Waals surface area contributed by atoms with E-state index in [1.54, 1.807) is 13.8 Å². The molecule has 0 aromatic rings. The van der Waals surface area contributed by atoms with E-state index in [0.29, 0.717) is 12.2 Å². The summed E-state index contributed by atoms with van der Waals surface area (Å²) in [6.45, 7) is 14.0. The van der Waals surface area contributed by atoms with Gasteiger partial charge < -0.3 is 9.53 Å². The Labute approximate surface area is 129 Å². The van der Waals surface area contributed by atoms with E-state index in [2.05, 4.69) is 45.7 Å². The lowest BCUT2D eigenvalue weighted by atomic mass is 9.96. The lowest BCUT2D eigenvalue weighted by molar-refractivity contribution is -0.118. The summed E-state index contributed by atoms with van der Waals surface area (Å²) in [7, 11) is -2.06. The SMILES string of the molecule is CC(C)(O)C#CC1=C(O[Si](C)(C)C(C)(C)C)C(=O)CCC1. The molecule has 0 unspecified atom stereocenters. The number of hydrogen-bond donors (Lipinski definition) is 1. The van der Waals surface area contributed by atoms with Crippen molar-refractivity contribution in [1.82, 2.24) is 0 Å². The van der Waals surface area contributed by atoms with Gasteiger partial charge in [0.1, 0.15) is 5.60 Å². The van der Waals surface area contributed by atoms with E-state index < -0.39 is 13.9 Å². The third-order valence-electron chi connectivity index (χ3n) is 4.04. The summed E-state index contributed by atoms with van der Waals surface area (Å²) in [6.07, 6.45) is 2.08. The molecule has 0 saturated carbocycles. The second-order valence-corrected chi connectivity index (χ2v) is 12.5. The van der Waals surface area contributed by atoms with Gasteiger partial charge in [0, 0.05) is 12.0 Å². The number of aliphatic hydroxyl groups is 1. The largest absolute Gasteiger partial charge is 0.541 e. The molecule has 21 heavy (non-hydrogen) atoms. The Morgan fingerprint density at radius 3 is 2.19 bits per heavy atom. The maximum absolute atomic E-state index is 12.2. The molecule has 3 nitrogen and oxygen atoms in total. The van der Waals surface area contributed by atoms with Gasteiger partial charge in [0.25, 0.3) is 8.32 Å². The van der Waals surface area contributed by atoms with Gasteiger partial charge in [-0.05, 0) is 44.8 Å². The van der Waals surface area contributed by atoms with Gasteiger partial charge in [-0.25, -0.2) is 0 Å². The Bertz CT molecular complexity index is 505. The fourth-order valence-electron chi connectivity index (χ4n) is 1.70. The number of hydrogen-bond acceptors (Lipinski definition) is 3. The van der Waals surface area contributed by atoms with Crippen LogP contribution in [0.2, 0.25) is 18.1 Å². The van der Waals surface area contributed by atoms with E-state index in [0.717, 1.165) is 18.4 Å². The Kier molecular flexibility index (Phi) is 5.12. The number of rotatable bonds is 2. The lowest BCUT2D eigenvalue weighted by Crippen LogP contribution is -2.42. The van der Waals surface area contributed by atoms with Gasteiger partial charge in [-0.1, -0.05) is 32.6 Å². The molecule has 0 bridgehead atoms. The van der Waals surface area contributed by atoms with Gasteiger partial charge in [0.05, 0.1) is 0 Å². The predicted molar refractivity (Wildman–Crippen MR) is 88.2 cm³/mol. The zero-order chi connectivity index (χ0) is 16.5. The number of allylic oxidation sites excluding steroid dienone is 2. The summed E-state index contributed by atoms with van der Waals surface area (Å²) in [5, 5.41) is 9.78. The van der Waals surface area contributed by atoms with Crippen LogP contribution >= 0.6 is 0 Å². The average molecular weight is 308 g/mol. The molecular weight excluding hydrogens is 280 g/mol. The van der Waals surface area contributed by atoms with E-state index >= 15 is 0 Å². The Morgan fingerprint density at radius 2 is 1.71 bits per heavy atom. The molecule has 0 fully saturated rings. The topological polar surface area (TPSA) is 46.5 Å². The minimum Gasteiger partial charge on any atom is -0.541 e. The molecule has 0 aromatic carbocycles. The Balaban J connectivity index is 3.19. The average Bonchev–Trinajstić information content (AvgIpc) is 2.27. The first-order valence-corrected chi connectivity index (χ1v) is 10.5. The van der Waals surface area contributed by atoms with Crippen LogP contribution in [-0.4, -0.2) is 24.8 Å². The molecule has 1 aliphatic rings. The minimum absolute atomic E-state index is 0.0342. The van der Waals surface area contributed by atoms with Crippen molar-refractivity contribution in [2.75, 3.05) is 0 Å². The first kappa shape index (κ1) is 18.0. The van der Waals surface area contributed by atoms with Crippen molar-refractivity contribution in [3.8, 4) is 11.8 Å². The maximum Gasteiger partial charge on any atom is 0.250 e. The van der Waals surface area contributed by atoms with Crippen LogP contribution in [0.4, 0.5) is 0 Å². The molecule has 1 aliphatic carbocycles. The smallest absolute Gasteiger partial charge is 0.250 e. The third kappa shape index (κ3) is 5.01.